The summed E-state index contributed by atoms with van der Waals surface area (Å²) >= 11 is 0. The number of hydrogen-bond acceptors (Lipinski definition) is 3. The minimum Gasteiger partial charge on any atom is -0.383 e. The van der Waals surface area contributed by atoms with Crippen molar-refractivity contribution in [1.82, 2.24) is 9.80 Å². The highest BCUT2D eigenvalue weighted by molar-refractivity contribution is 4.75. The molecular weight excluding hydrogens is 188 g/mol. The second-order valence-electron chi connectivity index (χ2n) is 5.05. The van der Waals surface area contributed by atoms with E-state index in [9.17, 15) is 0 Å². The maximum Gasteiger partial charge on any atom is 0.0589 e. The Hall–Kier alpha value is -0.120. The molecule has 0 aromatic carbocycles. The van der Waals surface area contributed by atoms with E-state index >= 15 is 0 Å². The number of hydrogen-bond donors (Lipinski definition) is 0. The molecule has 92 valence electrons. The molecule has 0 radical (unpaired) electrons. The average molecular weight is 216 g/mol. The lowest BCUT2D eigenvalue weighted by Crippen LogP contribution is -2.45. The predicted octanol–water partition coefficient (Wildman–Crippen LogP) is 1.68. The van der Waals surface area contributed by atoms with Gasteiger partial charge in [0.2, 0.25) is 0 Å². The van der Waals surface area contributed by atoms with Crippen LogP contribution in [0.1, 0.15) is 27.7 Å². The van der Waals surface area contributed by atoms with E-state index < -0.39 is 0 Å². The third kappa shape index (κ3) is 6.88. The highest BCUT2D eigenvalue weighted by Crippen LogP contribution is 2.11. The molecule has 3 nitrogen and oxygen atoms in total. The van der Waals surface area contributed by atoms with Gasteiger partial charge in [-0.15, -0.1) is 0 Å². The molecule has 0 fully saturated rings. The summed E-state index contributed by atoms with van der Waals surface area (Å²) < 4.78 is 5.06. The van der Waals surface area contributed by atoms with E-state index in [1.807, 2.05) is 0 Å². The molecule has 0 amide bonds. The number of methoxy groups -OCH3 is 1. The van der Waals surface area contributed by atoms with E-state index in [2.05, 4.69) is 44.5 Å². The van der Waals surface area contributed by atoms with Gasteiger partial charge < -0.3 is 9.64 Å². The summed E-state index contributed by atoms with van der Waals surface area (Å²) in [6.45, 7) is 14.2. The lowest BCUT2D eigenvalue weighted by Gasteiger charge is -2.35. The maximum absolute atomic E-state index is 5.06. The molecule has 0 aromatic rings. The summed E-state index contributed by atoms with van der Waals surface area (Å²) in [5.41, 5.74) is 0.275. The van der Waals surface area contributed by atoms with Crippen molar-refractivity contribution in [3.63, 3.8) is 0 Å². The van der Waals surface area contributed by atoms with E-state index in [0.29, 0.717) is 0 Å². The molecule has 0 saturated carbocycles. The number of nitrogens with zero attached hydrogens (tertiary/aromatic N) is 2. The molecule has 0 N–H and O–H groups in total. The molecule has 0 spiro atoms. The van der Waals surface area contributed by atoms with Gasteiger partial charge in [-0.1, -0.05) is 6.92 Å². The van der Waals surface area contributed by atoms with Gasteiger partial charge in [0.05, 0.1) is 6.61 Å². The van der Waals surface area contributed by atoms with Gasteiger partial charge in [-0.05, 0) is 34.4 Å². The molecule has 0 aromatic heterocycles. The van der Waals surface area contributed by atoms with Crippen LogP contribution in [0.25, 0.3) is 0 Å². The fourth-order valence-corrected chi connectivity index (χ4v) is 1.62. The summed E-state index contributed by atoms with van der Waals surface area (Å²) in [5, 5.41) is 0. The summed E-state index contributed by atoms with van der Waals surface area (Å²) in [6.07, 6.45) is 0. The van der Waals surface area contributed by atoms with Gasteiger partial charge >= 0.3 is 0 Å². The van der Waals surface area contributed by atoms with Gasteiger partial charge in [0, 0.05) is 32.3 Å². The van der Waals surface area contributed by atoms with Gasteiger partial charge in [0.1, 0.15) is 0 Å². The van der Waals surface area contributed by atoms with E-state index in [0.717, 1.165) is 32.8 Å². The second-order valence-corrected chi connectivity index (χ2v) is 5.05. The van der Waals surface area contributed by atoms with Crippen molar-refractivity contribution in [3.8, 4) is 0 Å². The van der Waals surface area contributed by atoms with Gasteiger partial charge in [-0.25, -0.2) is 0 Å². The first-order chi connectivity index (χ1) is 6.91. The SMILES string of the molecule is CCN(CCN(C)CCOC)C(C)(C)C. The molecule has 0 saturated heterocycles. The first-order valence-corrected chi connectivity index (χ1v) is 5.84. The summed E-state index contributed by atoms with van der Waals surface area (Å²) in [5.74, 6) is 0. The molecule has 3 heteroatoms. The van der Waals surface area contributed by atoms with Crippen molar-refractivity contribution in [2.75, 3.05) is 46.9 Å². The van der Waals surface area contributed by atoms with E-state index in [1.165, 1.54) is 0 Å². The zero-order valence-corrected chi connectivity index (χ0v) is 11.3. The van der Waals surface area contributed by atoms with Crippen molar-refractivity contribution in [1.29, 1.82) is 0 Å². The first kappa shape index (κ1) is 14.9. The molecular formula is C12H28N2O. The van der Waals surface area contributed by atoms with Crippen LogP contribution in [0.2, 0.25) is 0 Å². The number of likely N-dealkylation sites (N-methyl/N-ethyl adjacent to an activating group) is 2. The highest BCUT2D eigenvalue weighted by atomic mass is 16.5. The van der Waals surface area contributed by atoms with Crippen LogP contribution in [0.5, 0.6) is 0 Å². The highest BCUT2D eigenvalue weighted by Gasteiger charge is 2.19. The molecule has 0 unspecified atom stereocenters. The van der Waals surface area contributed by atoms with Crippen LogP contribution in [0.15, 0.2) is 0 Å². The van der Waals surface area contributed by atoms with E-state index in [-0.39, 0.29) is 5.54 Å². The van der Waals surface area contributed by atoms with Crippen molar-refractivity contribution in [2.24, 2.45) is 0 Å². The number of rotatable bonds is 7. The lowest BCUT2D eigenvalue weighted by atomic mass is 10.1. The second kappa shape index (κ2) is 7.20. The largest absolute Gasteiger partial charge is 0.383 e. The predicted molar refractivity (Wildman–Crippen MR) is 66.4 cm³/mol. The van der Waals surface area contributed by atoms with E-state index in [4.69, 9.17) is 4.74 Å². The van der Waals surface area contributed by atoms with Crippen LogP contribution in [0.3, 0.4) is 0 Å². The smallest absolute Gasteiger partial charge is 0.0589 e. The van der Waals surface area contributed by atoms with Crippen LogP contribution in [-0.2, 0) is 4.74 Å². The zero-order chi connectivity index (χ0) is 11.9. The third-order valence-corrected chi connectivity index (χ3v) is 2.76. The average Bonchev–Trinajstić information content (AvgIpc) is 2.13. The lowest BCUT2D eigenvalue weighted by molar-refractivity contribution is 0.114. The van der Waals surface area contributed by atoms with E-state index in [1.54, 1.807) is 7.11 Å². The molecule has 0 aliphatic carbocycles. The minimum absolute atomic E-state index is 0.275. The van der Waals surface area contributed by atoms with Gasteiger partial charge in [-0.3, -0.25) is 4.90 Å². The molecule has 0 aliphatic heterocycles. The Morgan fingerprint density at radius 1 is 1.07 bits per heavy atom. The Bertz CT molecular complexity index is 154. The Morgan fingerprint density at radius 2 is 1.67 bits per heavy atom. The quantitative estimate of drug-likeness (QED) is 0.644. The molecule has 15 heavy (non-hydrogen) atoms. The molecule has 0 atom stereocenters. The van der Waals surface area contributed by atoms with Crippen molar-refractivity contribution in [2.45, 2.75) is 33.2 Å². The molecule has 0 heterocycles. The maximum atomic E-state index is 5.06. The van der Waals surface area contributed by atoms with Crippen LogP contribution < -0.4 is 0 Å². The van der Waals surface area contributed by atoms with Crippen LogP contribution in [0, 0.1) is 0 Å². The van der Waals surface area contributed by atoms with Gasteiger partial charge in [-0.2, -0.15) is 0 Å². The molecule has 0 bridgehead atoms. The summed E-state index contributed by atoms with van der Waals surface area (Å²) in [6, 6.07) is 0. The minimum atomic E-state index is 0.275. The van der Waals surface area contributed by atoms with Crippen LogP contribution >= 0.6 is 0 Å². The fraction of sp³-hybridized carbons (Fsp3) is 1.00. The first-order valence-electron chi connectivity index (χ1n) is 5.84. The Labute approximate surface area is 95.4 Å². The Kier molecular flexibility index (Phi) is 7.14. The van der Waals surface area contributed by atoms with Crippen LogP contribution in [-0.4, -0.2) is 62.3 Å². The fourth-order valence-electron chi connectivity index (χ4n) is 1.62. The van der Waals surface area contributed by atoms with Crippen molar-refractivity contribution in [3.05, 3.63) is 0 Å². The standard InChI is InChI=1S/C12H28N2O/c1-7-14(12(2,3)4)9-8-13(5)10-11-15-6/h7-11H2,1-6H3. The Balaban J connectivity index is 3.80. The van der Waals surface area contributed by atoms with Gasteiger partial charge in [0.15, 0.2) is 0 Å². The van der Waals surface area contributed by atoms with Crippen molar-refractivity contribution >= 4 is 0 Å². The van der Waals surface area contributed by atoms with Gasteiger partial charge in [0.25, 0.3) is 0 Å². The normalized spacial score (nSPS) is 12.8. The Morgan fingerprint density at radius 3 is 2.07 bits per heavy atom. The zero-order valence-electron chi connectivity index (χ0n) is 11.3. The van der Waals surface area contributed by atoms with Crippen molar-refractivity contribution < 1.29 is 4.74 Å². The summed E-state index contributed by atoms with van der Waals surface area (Å²) in [4.78, 5) is 4.81. The monoisotopic (exact) mass is 216 g/mol. The third-order valence-electron chi connectivity index (χ3n) is 2.76. The summed E-state index contributed by atoms with van der Waals surface area (Å²) in [7, 11) is 3.90. The topological polar surface area (TPSA) is 15.7 Å². The number of ether oxygens (including phenoxy) is 1. The van der Waals surface area contributed by atoms with Crippen LogP contribution in [0.4, 0.5) is 0 Å². The molecule has 0 aliphatic rings. The molecule has 0 rings (SSSR count).